The highest BCUT2D eigenvalue weighted by Crippen LogP contribution is 2.29. The second-order valence-electron chi connectivity index (χ2n) is 13.0. The Morgan fingerprint density at radius 3 is 2.47 bits per heavy atom. The lowest BCUT2D eigenvalue weighted by Gasteiger charge is -2.38. The van der Waals surface area contributed by atoms with Crippen molar-refractivity contribution in [1.82, 2.24) is 34.5 Å². The van der Waals surface area contributed by atoms with E-state index in [9.17, 15) is 19.1 Å². The minimum absolute atomic E-state index is 0.0880. The maximum absolute atomic E-state index is 14.9. The lowest BCUT2D eigenvalue weighted by atomic mass is 9.91. The number of aromatic nitrogens is 5. The second kappa shape index (κ2) is 13.0. The molecule has 5 aromatic rings. The summed E-state index contributed by atoms with van der Waals surface area (Å²) in [7, 11) is 1.76. The standard InChI is InChI=1S/C34H38FN7O4S/c1-33(2,3)46-32(44)37-18-22-5-7-23(8-6-22)29-27-28(39-40(29)4)31(43)42(21-38-27)20-34(45)11-14-41(15-12-34)19-25-10-9-24(17-26(25)35)30-36-13-16-47-30/h5-10,13,16-17,21,45H,11-12,14-15,18-20H2,1-4H3,(H,37,44). The van der Waals surface area contributed by atoms with Gasteiger partial charge in [0.05, 0.1) is 24.2 Å². The summed E-state index contributed by atoms with van der Waals surface area (Å²) in [5.74, 6) is -0.273. The van der Waals surface area contributed by atoms with Gasteiger partial charge in [-0.05, 0) is 45.2 Å². The fraction of sp³-hybridized carbons (Fsp3) is 0.382. The number of piperidine rings is 1. The van der Waals surface area contributed by atoms with Crippen molar-refractivity contribution in [3.8, 4) is 21.8 Å². The summed E-state index contributed by atoms with van der Waals surface area (Å²) in [6, 6.07) is 12.8. The number of amides is 1. The number of aliphatic hydroxyl groups is 1. The Morgan fingerprint density at radius 1 is 1.09 bits per heavy atom. The van der Waals surface area contributed by atoms with Crippen LogP contribution in [0.3, 0.4) is 0 Å². The van der Waals surface area contributed by atoms with Crippen LogP contribution in [-0.2, 0) is 31.4 Å². The summed E-state index contributed by atoms with van der Waals surface area (Å²) in [5, 5.41) is 21.3. The Kier molecular flexibility index (Phi) is 8.97. The quantitative estimate of drug-likeness (QED) is 0.235. The molecule has 6 rings (SSSR count). The number of hydrogen-bond donors (Lipinski definition) is 2. The first-order valence-electron chi connectivity index (χ1n) is 15.5. The van der Waals surface area contributed by atoms with Crippen LogP contribution in [0.1, 0.15) is 44.7 Å². The number of thiazole rings is 1. The second-order valence-corrected chi connectivity index (χ2v) is 13.9. The molecule has 2 N–H and O–H groups in total. The summed E-state index contributed by atoms with van der Waals surface area (Å²) in [6.07, 6.45) is 3.55. The van der Waals surface area contributed by atoms with Crippen molar-refractivity contribution >= 4 is 28.5 Å². The normalized spacial score (nSPS) is 15.2. The SMILES string of the molecule is Cn1nc2c(=O)n(CC3(O)CCN(Cc4ccc(-c5nccs5)cc4F)CC3)cnc2c1-c1ccc(CNC(=O)OC(C)(C)C)cc1. The number of halogens is 1. The van der Waals surface area contributed by atoms with E-state index in [-0.39, 0.29) is 23.4 Å². The summed E-state index contributed by atoms with van der Waals surface area (Å²) in [4.78, 5) is 36.5. The Balaban J connectivity index is 1.10. The highest BCUT2D eigenvalue weighted by Gasteiger charge is 2.34. The van der Waals surface area contributed by atoms with Crippen LogP contribution >= 0.6 is 11.3 Å². The number of fused-ring (bicyclic) bond motifs is 1. The van der Waals surface area contributed by atoms with Gasteiger partial charge in [-0.25, -0.2) is 19.2 Å². The van der Waals surface area contributed by atoms with Gasteiger partial charge in [0.2, 0.25) is 0 Å². The molecule has 47 heavy (non-hydrogen) atoms. The number of nitrogens with one attached hydrogen (secondary N) is 1. The maximum atomic E-state index is 14.9. The van der Waals surface area contributed by atoms with Gasteiger partial charge in [0.25, 0.3) is 5.56 Å². The molecule has 1 aliphatic rings. The van der Waals surface area contributed by atoms with Crippen LogP contribution in [0.25, 0.3) is 32.9 Å². The molecule has 1 aliphatic heterocycles. The Bertz CT molecular complexity index is 1940. The molecule has 0 saturated carbocycles. The molecule has 0 radical (unpaired) electrons. The first-order chi connectivity index (χ1) is 22.4. The van der Waals surface area contributed by atoms with Crippen LogP contribution in [0.5, 0.6) is 0 Å². The van der Waals surface area contributed by atoms with E-state index in [2.05, 4.69) is 25.3 Å². The summed E-state index contributed by atoms with van der Waals surface area (Å²) >= 11 is 1.47. The predicted molar refractivity (Wildman–Crippen MR) is 178 cm³/mol. The number of ether oxygens (including phenoxy) is 1. The van der Waals surface area contributed by atoms with E-state index in [4.69, 9.17) is 4.74 Å². The molecule has 2 aromatic carbocycles. The summed E-state index contributed by atoms with van der Waals surface area (Å²) in [6.45, 7) is 7.39. The first-order valence-corrected chi connectivity index (χ1v) is 16.4. The van der Waals surface area contributed by atoms with Gasteiger partial charge in [-0.3, -0.25) is 18.9 Å². The maximum Gasteiger partial charge on any atom is 0.407 e. The van der Waals surface area contributed by atoms with Crippen molar-refractivity contribution < 1.29 is 19.0 Å². The van der Waals surface area contributed by atoms with Gasteiger partial charge in [0.1, 0.15) is 21.9 Å². The molecule has 13 heteroatoms. The summed E-state index contributed by atoms with van der Waals surface area (Å²) < 4.78 is 23.2. The van der Waals surface area contributed by atoms with Gasteiger partial charge in [-0.2, -0.15) is 5.10 Å². The molecular formula is C34H38FN7O4S. The van der Waals surface area contributed by atoms with Crippen molar-refractivity contribution in [2.45, 2.75) is 64.4 Å². The number of aryl methyl sites for hydroxylation is 1. The van der Waals surface area contributed by atoms with E-state index in [1.54, 1.807) is 24.0 Å². The highest BCUT2D eigenvalue weighted by molar-refractivity contribution is 7.13. The van der Waals surface area contributed by atoms with E-state index >= 15 is 0 Å². The van der Waals surface area contributed by atoms with E-state index in [1.807, 2.05) is 56.5 Å². The zero-order valence-corrected chi connectivity index (χ0v) is 27.7. The van der Waals surface area contributed by atoms with Crippen LogP contribution < -0.4 is 10.9 Å². The summed E-state index contributed by atoms with van der Waals surface area (Å²) in [5.41, 5.74) is 2.43. The molecule has 0 aliphatic carbocycles. The Labute approximate surface area is 275 Å². The Hall–Kier alpha value is -4.46. The molecule has 246 valence electrons. The fourth-order valence-electron chi connectivity index (χ4n) is 5.82. The third kappa shape index (κ3) is 7.42. The smallest absolute Gasteiger partial charge is 0.407 e. The number of likely N-dealkylation sites (tertiary alicyclic amines) is 1. The lowest BCUT2D eigenvalue weighted by Crippen LogP contribution is -2.47. The molecule has 0 bridgehead atoms. The molecule has 0 spiro atoms. The van der Waals surface area contributed by atoms with Crippen LogP contribution in [-0.4, -0.2) is 64.7 Å². The average Bonchev–Trinajstić information content (AvgIpc) is 3.68. The topological polar surface area (TPSA) is 127 Å². The van der Waals surface area contributed by atoms with Crippen LogP contribution in [0.2, 0.25) is 0 Å². The number of alkyl carbamates (subject to hydrolysis) is 1. The van der Waals surface area contributed by atoms with Crippen molar-refractivity contribution in [2.75, 3.05) is 13.1 Å². The van der Waals surface area contributed by atoms with Crippen LogP contribution in [0, 0.1) is 5.82 Å². The zero-order valence-electron chi connectivity index (χ0n) is 26.9. The van der Waals surface area contributed by atoms with Gasteiger partial charge in [0, 0.05) is 61.5 Å². The monoisotopic (exact) mass is 659 g/mol. The number of carbonyl (C=O) groups is 1. The van der Waals surface area contributed by atoms with Gasteiger partial charge >= 0.3 is 6.09 Å². The first kappa shape index (κ1) is 32.5. The van der Waals surface area contributed by atoms with Crippen LogP contribution in [0.15, 0.2) is 65.2 Å². The molecule has 0 atom stereocenters. The predicted octanol–water partition coefficient (Wildman–Crippen LogP) is 5.11. The average molecular weight is 660 g/mol. The van der Waals surface area contributed by atoms with E-state index < -0.39 is 17.3 Å². The van der Waals surface area contributed by atoms with Gasteiger partial charge in [-0.15, -0.1) is 11.3 Å². The van der Waals surface area contributed by atoms with Crippen molar-refractivity contribution in [3.63, 3.8) is 0 Å². The third-order valence-corrected chi connectivity index (χ3v) is 9.07. The van der Waals surface area contributed by atoms with E-state index in [0.717, 1.165) is 21.7 Å². The minimum Gasteiger partial charge on any atom is -0.444 e. The number of nitrogens with zero attached hydrogens (tertiary/aromatic N) is 6. The minimum atomic E-state index is -1.11. The molecule has 0 unspecified atom stereocenters. The fourth-order valence-corrected chi connectivity index (χ4v) is 6.45. The lowest BCUT2D eigenvalue weighted by molar-refractivity contribution is -0.0366. The Morgan fingerprint density at radius 2 is 1.81 bits per heavy atom. The number of hydrogen-bond acceptors (Lipinski definition) is 9. The number of rotatable bonds is 8. The number of carbonyl (C=O) groups excluding carboxylic acids is 1. The molecule has 4 heterocycles. The highest BCUT2D eigenvalue weighted by atomic mass is 32.1. The van der Waals surface area contributed by atoms with Crippen LogP contribution in [0.4, 0.5) is 9.18 Å². The molecular weight excluding hydrogens is 621 g/mol. The molecule has 3 aromatic heterocycles. The third-order valence-electron chi connectivity index (χ3n) is 8.25. The van der Waals surface area contributed by atoms with E-state index in [1.165, 1.54) is 28.3 Å². The molecule has 11 nitrogen and oxygen atoms in total. The number of benzene rings is 2. The van der Waals surface area contributed by atoms with Gasteiger partial charge < -0.3 is 15.2 Å². The van der Waals surface area contributed by atoms with Crippen molar-refractivity contribution in [3.05, 3.63) is 87.7 Å². The van der Waals surface area contributed by atoms with Gasteiger partial charge in [-0.1, -0.05) is 36.4 Å². The zero-order chi connectivity index (χ0) is 33.3. The molecule has 1 amide bonds. The van der Waals surface area contributed by atoms with Gasteiger partial charge in [0.15, 0.2) is 5.52 Å². The molecule has 1 saturated heterocycles. The molecule has 1 fully saturated rings. The largest absolute Gasteiger partial charge is 0.444 e. The van der Waals surface area contributed by atoms with Crippen molar-refractivity contribution in [2.24, 2.45) is 7.05 Å². The van der Waals surface area contributed by atoms with Crippen molar-refractivity contribution in [1.29, 1.82) is 0 Å². The van der Waals surface area contributed by atoms with E-state index in [0.29, 0.717) is 55.8 Å².